The maximum atomic E-state index is 5.37. The van der Waals surface area contributed by atoms with Gasteiger partial charge in [0.1, 0.15) is 4.11 Å². The SMILES string of the molecule is CC(I)ON1C=CC=CC1. The molecule has 0 radical (unpaired) electrons. The van der Waals surface area contributed by atoms with Gasteiger partial charge in [0, 0.05) is 6.20 Å². The van der Waals surface area contributed by atoms with Crippen molar-refractivity contribution in [2.24, 2.45) is 0 Å². The van der Waals surface area contributed by atoms with E-state index in [9.17, 15) is 0 Å². The number of nitrogens with zero attached hydrogens (tertiary/aromatic N) is 1. The van der Waals surface area contributed by atoms with Crippen LogP contribution in [0.5, 0.6) is 0 Å². The first kappa shape index (κ1) is 8.07. The monoisotopic (exact) mass is 251 g/mol. The summed E-state index contributed by atoms with van der Waals surface area (Å²) in [4.78, 5) is 5.37. The molecule has 0 spiro atoms. The number of hydroxylamine groups is 2. The van der Waals surface area contributed by atoms with Crippen LogP contribution < -0.4 is 0 Å². The van der Waals surface area contributed by atoms with Crippen molar-refractivity contribution in [3.8, 4) is 0 Å². The van der Waals surface area contributed by atoms with Crippen LogP contribution in [0.1, 0.15) is 6.92 Å². The van der Waals surface area contributed by atoms with Gasteiger partial charge in [-0.15, -0.1) is 0 Å². The van der Waals surface area contributed by atoms with E-state index in [1.807, 2.05) is 30.3 Å². The van der Waals surface area contributed by atoms with Gasteiger partial charge in [0.2, 0.25) is 0 Å². The molecule has 1 unspecified atom stereocenters. The average molecular weight is 251 g/mol. The van der Waals surface area contributed by atoms with Crippen molar-refractivity contribution in [2.45, 2.75) is 11.0 Å². The molecule has 1 aliphatic heterocycles. The van der Waals surface area contributed by atoms with Crippen molar-refractivity contribution in [1.29, 1.82) is 0 Å². The average Bonchev–Trinajstić information content (AvgIpc) is 1.88. The molecule has 10 heavy (non-hydrogen) atoms. The summed E-state index contributed by atoms with van der Waals surface area (Å²) in [7, 11) is 0. The van der Waals surface area contributed by atoms with Gasteiger partial charge in [0.25, 0.3) is 0 Å². The fourth-order valence-corrected chi connectivity index (χ4v) is 1.01. The second kappa shape index (κ2) is 3.98. The van der Waals surface area contributed by atoms with Crippen molar-refractivity contribution < 1.29 is 4.84 Å². The molecule has 0 saturated heterocycles. The third-order valence-corrected chi connectivity index (χ3v) is 1.29. The Morgan fingerprint density at radius 3 is 2.90 bits per heavy atom. The van der Waals surface area contributed by atoms with Gasteiger partial charge in [-0.2, -0.15) is 0 Å². The predicted molar refractivity (Wildman–Crippen MR) is 49.6 cm³/mol. The van der Waals surface area contributed by atoms with Gasteiger partial charge in [-0.3, -0.25) is 9.90 Å². The summed E-state index contributed by atoms with van der Waals surface area (Å²) in [5, 5.41) is 1.82. The highest BCUT2D eigenvalue weighted by Crippen LogP contribution is 2.07. The largest absolute Gasteiger partial charge is 0.260 e. The van der Waals surface area contributed by atoms with E-state index in [1.165, 1.54) is 0 Å². The Kier molecular flexibility index (Phi) is 3.21. The standard InChI is InChI=1S/C7H10INO/c1-7(8)10-9-5-3-2-4-6-9/h2-5,7H,6H2,1H3. The first-order chi connectivity index (χ1) is 4.79. The summed E-state index contributed by atoms with van der Waals surface area (Å²) >= 11 is 2.22. The summed E-state index contributed by atoms with van der Waals surface area (Å²) in [6.07, 6.45) is 7.95. The lowest BCUT2D eigenvalue weighted by molar-refractivity contribution is -0.115. The molecule has 0 bridgehead atoms. The van der Waals surface area contributed by atoms with Crippen LogP contribution in [0.15, 0.2) is 24.4 Å². The number of rotatable bonds is 2. The predicted octanol–water partition coefficient (Wildman–Crippen LogP) is 2.08. The third-order valence-electron chi connectivity index (χ3n) is 1.07. The molecule has 1 aliphatic rings. The topological polar surface area (TPSA) is 12.5 Å². The smallest absolute Gasteiger partial charge is 0.134 e. The maximum absolute atomic E-state index is 5.37. The normalized spacial score (nSPS) is 19.6. The van der Waals surface area contributed by atoms with Crippen LogP contribution in [-0.2, 0) is 4.84 Å². The number of alkyl halides is 1. The summed E-state index contributed by atoms with van der Waals surface area (Å²) in [5.41, 5.74) is 0. The minimum atomic E-state index is 0.230. The summed E-state index contributed by atoms with van der Waals surface area (Å²) in [6, 6.07) is 0. The van der Waals surface area contributed by atoms with E-state index >= 15 is 0 Å². The minimum absolute atomic E-state index is 0.230. The lowest BCUT2D eigenvalue weighted by Crippen LogP contribution is -2.21. The van der Waals surface area contributed by atoms with Gasteiger partial charge in [-0.1, -0.05) is 12.2 Å². The molecule has 56 valence electrons. The first-order valence-corrected chi connectivity index (χ1v) is 4.44. The van der Waals surface area contributed by atoms with E-state index in [1.54, 1.807) is 0 Å². The third kappa shape index (κ3) is 2.70. The Bertz CT molecular complexity index is 154. The van der Waals surface area contributed by atoms with Gasteiger partial charge in [0.05, 0.1) is 6.54 Å². The number of allylic oxidation sites excluding steroid dienone is 2. The van der Waals surface area contributed by atoms with E-state index in [0.29, 0.717) is 0 Å². The lowest BCUT2D eigenvalue weighted by Gasteiger charge is -2.21. The van der Waals surface area contributed by atoms with Crippen molar-refractivity contribution in [3.63, 3.8) is 0 Å². The quantitative estimate of drug-likeness (QED) is 0.550. The molecule has 1 atom stereocenters. The molecule has 0 fully saturated rings. The Balaban J connectivity index is 2.30. The molecule has 0 N–H and O–H groups in total. The molecule has 0 aromatic heterocycles. The number of hydrogen-bond donors (Lipinski definition) is 0. The molecule has 0 aromatic carbocycles. The van der Waals surface area contributed by atoms with E-state index in [2.05, 4.69) is 28.7 Å². The zero-order chi connectivity index (χ0) is 7.40. The van der Waals surface area contributed by atoms with Crippen molar-refractivity contribution >= 4 is 22.6 Å². The summed E-state index contributed by atoms with van der Waals surface area (Å²) in [6.45, 7) is 2.86. The van der Waals surface area contributed by atoms with E-state index < -0.39 is 0 Å². The minimum Gasteiger partial charge on any atom is -0.260 e. The summed E-state index contributed by atoms with van der Waals surface area (Å²) in [5.74, 6) is 0. The fraction of sp³-hybridized carbons (Fsp3) is 0.429. The highest BCUT2D eigenvalue weighted by molar-refractivity contribution is 14.1. The molecule has 0 aliphatic carbocycles. The molecule has 2 nitrogen and oxygen atoms in total. The van der Waals surface area contributed by atoms with Crippen LogP contribution >= 0.6 is 22.6 Å². The number of hydrogen-bond acceptors (Lipinski definition) is 2. The summed E-state index contributed by atoms with van der Waals surface area (Å²) < 4.78 is 0.230. The van der Waals surface area contributed by atoms with Gasteiger partial charge in [-0.25, -0.2) is 0 Å². The molecular weight excluding hydrogens is 241 g/mol. The van der Waals surface area contributed by atoms with Crippen LogP contribution in [0.2, 0.25) is 0 Å². The van der Waals surface area contributed by atoms with Crippen LogP contribution in [0.3, 0.4) is 0 Å². The van der Waals surface area contributed by atoms with Crippen LogP contribution in [0.4, 0.5) is 0 Å². The zero-order valence-electron chi connectivity index (χ0n) is 5.83. The molecule has 1 rings (SSSR count). The molecule has 3 heteroatoms. The highest BCUT2D eigenvalue weighted by Gasteiger charge is 2.02. The highest BCUT2D eigenvalue weighted by atomic mass is 127. The van der Waals surface area contributed by atoms with Crippen molar-refractivity contribution in [3.05, 3.63) is 24.4 Å². The molecule has 0 saturated carbocycles. The van der Waals surface area contributed by atoms with Crippen LogP contribution in [0, 0.1) is 0 Å². The molecule has 0 amide bonds. The zero-order valence-corrected chi connectivity index (χ0v) is 7.98. The molecule has 0 aromatic rings. The Morgan fingerprint density at radius 1 is 1.60 bits per heavy atom. The second-order valence-corrected chi connectivity index (χ2v) is 3.77. The Morgan fingerprint density at radius 2 is 2.40 bits per heavy atom. The molecule has 1 heterocycles. The van der Waals surface area contributed by atoms with Gasteiger partial charge < -0.3 is 0 Å². The lowest BCUT2D eigenvalue weighted by atomic mass is 10.4. The van der Waals surface area contributed by atoms with E-state index in [-0.39, 0.29) is 4.11 Å². The van der Waals surface area contributed by atoms with Gasteiger partial charge >= 0.3 is 0 Å². The van der Waals surface area contributed by atoms with E-state index in [4.69, 9.17) is 4.84 Å². The van der Waals surface area contributed by atoms with Crippen LogP contribution in [0.25, 0.3) is 0 Å². The molecular formula is C7H10INO. The van der Waals surface area contributed by atoms with Crippen molar-refractivity contribution in [1.82, 2.24) is 5.06 Å². The Hall–Kier alpha value is -0.0300. The van der Waals surface area contributed by atoms with Crippen LogP contribution in [-0.4, -0.2) is 15.7 Å². The Labute approximate surface area is 74.6 Å². The fourth-order valence-electron chi connectivity index (χ4n) is 0.715. The maximum Gasteiger partial charge on any atom is 0.134 e. The number of halogens is 1. The van der Waals surface area contributed by atoms with Gasteiger partial charge in [-0.05, 0) is 35.6 Å². The first-order valence-electron chi connectivity index (χ1n) is 3.20. The second-order valence-electron chi connectivity index (χ2n) is 2.02. The van der Waals surface area contributed by atoms with Crippen molar-refractivity contribution in [2.75, 3.05) is 6.54 Å². The van der Waals surface area contributed by atoms with E-state index in [0.717, 1.165) is 6.54 Å². The van der Waals surface area contributed by atoms with Gasteiger partial charge in [0.15, 0.2) is 0 Å².